The number of carbonyl (C=O) groups excluding carboxylic acids is 3. The average Bonchev–Trinajstić information content (AvgIpc) is 3.36. The van der Waals surface area contributed by atoms with E-state index in [-0.39, 0.29) is 18.3 Å². The normalized spacial score (nSPS) is 12.6. The lowest BCUT2D eigenvalue weighted by Crippen LogP contribution is -2.40. The fourth-order valence-corrected chi connectivity index (χ4v) is 4.08. The number of likely N-dealkylation sites (N-methyl/N-ethyl adjacent to an activating group) is 1. The highest BCUT2D eigenvalue weighted by Crippen LogP contribution is 2.27. The maximum atomic E-state index is 13.5. The molecule has 0 aliphatic heterocycles. The zero-order valence-corrected chi connectivity index (χ0v) is 20.3. The predicted octanol–water partition coefficient (Wildman–Crippen LogP) is 2.78. The van der Waals surface area contributed by atoms with Gasteiger partial charge >= 0.3 is 0 Å². The van der Waals surface area contributed by atoms with Crippen LogP contribution < -0.4 is 5.73 Å². The van der Waals surface area contributed by atoms with Gasteiger partial charge in [-0.1, -0.05) is 71.9 Å². The molecule has 9 heteroatoms. The molecule has 4 aromatic rings. The molecule has 1 aromatic heterocycles. The standard InChI is InChI=1S/C27H27N5O4/c1-31(2)27(35)24-29-25(36-30-24)21(18-10-5-4-6-11-18)16-32(3)26(34)22(23(28)33)20-14-13-17-9-7-8-12-19(17)15-20/h4-15,21-22H,16H2,1-3H3,(H2,28,33). The van der Waals surface area contributed by atoms with Crippen molar-refractivity contribution in [3.8, 4) is 0 Å². The molecule has 3 amide bonds. The van der Waals surface area contributed by atoms with Gasteiger partial charge < -0.3 is 20.1 Å². The molecule has 2 N–H and O–H groups in total. The Morgan fingerprint density at radius 2 is 1.56 bits per heavy atom. The number of hydrogen-bond donors (Lipinski definition) is 1. The van der Waals surface area contributed by atoms with Crippen LogP contribution in [0.3, 0.4) is 0 Å². The lowest BCUT2D eigenvalue weighted by molar-refractivity contribution is -0.136. The van der Waals surface area contributed by atoms with Crippen molar-refractivity contribution < 1.29 is 18.9 Å². The van der Waals surface area contributed by atoms with E-state index in [0.717, 1.165) is 16.3 Å². The van der Waals surface area contributed by atoms with E-state index in [1.54, 1.807) is 27.2 Å². The van der Waals surface area contributed by atoms with Crippen LogP contribution in [0, 0.1) is 0 Å². The van der Waals surface area contributed by atoms with Crippen molar-refractivity contribution in [1.82, 2.24) is 19.9 Å². The lowest BCUT2D eigenvalue weighted by Gasteiger charge is -2.26. The first kappa shape index (κ1) is 24.6. The summed E-state index contributed by atoms with van der Waals surface area (Å²) in [5, 5.41) is 5.72. The van der Waals surface area contributed by atoms with Crippen LogP contribution in [-0.2, 0) is 9.59 Å². The third kappa shape index (κ3) is 5.10. The Morgan fingerprint density at radius 1 is 0.889 bits per heavy atom. The van der Waals surface area contributed by atoms with E-state index in [1.165, 1.54) is 9.80 Å². The van der Waals surface area contributed by atoms with E-state index >= 15 is 0 Å². The Hall–Kier alpha value is -4.53. The van der Waals surface area contributed by atoms with Crippen molar-refractivity contribution in [1.29, 1.82) is 0 Å². The molecule has 1 heterocycles. The van der Waals surface area contributed by atoms with E-state index in [9.17, 15) is 14.4 Å². The van der Waals surface area contributed by atoms with Crippen LogP contribution in [0.5, 0.6) is 0 Å². The molecule has 0 bridgehead atoms. The molecule has 2 atom stereocenters. The van der Waals surface area contributed by atoms with Crippen LogP contribution >= 0.6 is 0 Å². The number of nitrogens with two attached hydrogens (primary N) is 1. The van der Waals surface area contributed by atoms with Gasteiger partial charge in [0.2, 0.25) is 17.7 Å². The molecule has 3 aromatic carbocycles. The van der Waals surface area contributed by atoms with E-state index in [1.807, 2.05) is 66.7 Å². The molecule has 36 heavy (non-hydrogen) atoms. The van der Waals surface area contributed by atoms with Crippen molar-refractivity contribution >= 4 is 28.5 Å². The SMILES string of the molecule is CN(C)C(=O)c1noc(C(CN(C)C(=O)C(C(N)=O)c2ccc3ccccc3c2)c2ccccc2)n1. The summed E-state index contributed by atoms with van der Waals surface area (Å²) in [6, 6.07) is 22.4. The van der Waals surface area contributed by atoms with Crippen LogP contribution in [0.4, 0.5) is 0 Å². The number of carbonyl (C=O) groups is 3. The van der Waals surface area contributed by atoms with Gasteiger partial charge in [0.15, 0.2) is 0 Å². The van der Waals surface area contributed by atoms with E-state index in [2.05, 4.69) is 10.1 Å². The van der Waals surface area contributed by atoms with E-state index in [4.69, 9.17) is 10.3 Å². The molecule has 0 saturated carbocycles. The molecule has 184 valence electrons. The van der Waals surface area contributed by atoms with Gasteiger partial charge in [0.1, 0.15) is 5.92 Å². The molecular weight excluding hydrogens is 458 g/mol. The highest BCUT2D eigenvalue weighted by Gasteiger charge is 2.32. The van der Waals surface area contributed by atoms with Gasteiger partial charge in [0.05, 0.1) is 5.92 Å². The first-order chi connectivity index (χ1) is 17.3. The van der Waals surface area contributed by atoms with Gasteiger partial charge in [0.25, 0.3) is 11.7 Å². The second kappa shape index (κ2) is 10.4. The van der Waals surface area contributed by atoms with Gasteiger partial charge in [0, 0.05) is 27.7 Å². The Labute approximate surface area is 208 Å². The lowest BCUT2D eigenvalue weighted by atomic mass is 9.93. The minimum Gasteiger partial charge on any atom is -0.369 e. The number of benzene rings is 3. The number of fused-ring (bicyclic) bond motifs is 1. The first-order valence-electron chi connectivity index (χ1n) is 11.4. The molecule has 4 rings (SSSR count). The average molecular weight is 486 g/mol. The molecule has 0 aliphatic rings. The van der Waals surface area contributed by atoms with Crippen molar-refractivity contribution in [2.45, 2.75) is 11.8 Å². The van der Waals surface area contributed by atoms with Gasteiger partial charge in [-0.15, -0.1) is 0 Å². The monoisotopic (exact) mass is 485 g/mol. The first-order valence-corrected chi connectivity index (χ1v) is 11.4. The Morgan fingerprint density at radius 3 is 2.22 bits per heavy atom. The van der Waals surface area contributed by atoms with E-state index in [0.29, 0.717) is 5.56 Å². The molecular formula is C27H27N5O4. The summed E-state index contributed by atoms with van der Waals surface area (Å²) in [5.41, 5.74) is 7.03. The summed E-state index contributed by atoms with van der Waals surface area (Å²) < 4.78 is 5.44. The van der Waals surface area contributed by atoms with Crippen LogP contribution in [0.1, 0.15) is 39.5 Å². The molecule has 0 radical (unpaired) electrons. The number of aromatic nitrogens is 2. The van der Waals surface area contributed by atoms with Crippen LogP contribution in [0.15, 0.2) is 77.3 Å². The van der Waals surface area contributed by atoms with Gasteiger partial charge in [-0.3, -0.25) is 14.4 Å². The summed E-state index contributed by atoms with van der Waals surface area (Å²) in [6.45, 7) is 0.123. The number of rotatable bonds is 8. The van der Waals surface area contributed by atoms with Gasteiger partial charge in [-0.2, -0.15) is 4.98 Å². The third-order valence-electron chi connectivity index (χ3n) is 6.01. The Bertz CT molecular complexity index is 1400. The van der Waals surface area contributed by atoms with E-state index < -0.39 is 29.6 Å². The smallest absolute Gasteiger partial charge is 0.294 e. The van der Waals surface area contributed by atoms with Crippen LogP contribution in [-0.4, -0.2) is 65.3 Å². The number of amides is 3. The molecule has 9 nitrogen and oxygen atoms in total. The van der Waals surface area contributed by atoms with Crippen molar-refractivity contribution in [2.24, 2.45) is 5.73 Å². The fraction of sp³-hybridized carbons (Fsp3) is 0.222. The minimum atomic E-state index is -1.16. The Kier molecular flexibility index (Phi) is 7.10. The predicted molar refractivity (Wildman–Crippen MR) is 134 cm³/mol. The number of nitrogens with zero attached hydrogens (tertiary/aromatic N) is 4. The summed E-state index contributed by atoms with van der Waals surface area (Å²) >= 11 is 0. The summed E-state index contributed by atoms with van der Waals surface area (Å²) in [4.78, 5) is 45.3. The highest BCUT2D eigenvalue weighted by atomic mass is 16.5. The topological polar surface area (TPSA) is 123 Å². The summed E-state index contributed by atoms with van der Waals surface area (Å²) in [5.74, 6) is -3.17. The van der Waals surface area contributed by atoms with Crippen molar-refractivity contribution in [3.63, 3.8) is 0 Å². The largest absolute Gasteiger partial charge is 0.369 e. The van der Waals surface area contributed by atoms with Crippen LogP contribution in [0.25, 0.3) is 10.8 Å². The molecule has 2 unspecified atom stereocenters. The van der Waals surface area contributed by atoms with Gasteiger partial charge in [-0.05, 0) is 28.0 Å². The highest BCUT2D eigenvalue weighted by molar-refractivity contribution is 6.05. The van der Waals surface area contributed by atoms with Crippen LogP contribution in [0.2, 0.25) is 0 Å². The van der Waals surface area contributed by atoms with Crippen molar-refractivity contribution in [3.05, 3.63) is 95.6 Å². The molecule has 0 aliphatic carbocycles. The zero-order chi connectivity index (χ0) is 25.8. The maximum Gasteiger partial charge on any atom is 0.294 e. The minimum absolute atomic E-state index is 0.0731. The number of primary amides is 1. The zero-order valence-electron chi connectivity index (χ0n) is 20.3. The molecule has 0 spiro atoms. The third-order valence-corrected chi connectivity index (χ3v) is 6.01. The quantitative estimate of drug-likeness (QED) is 0.383. The Balaban J connectivity index is 1.64. The molecule has 0 saturated heterocycles. The molecule has 0 fully saturated rings. The summed E-state index contributed by atoms with van der Waals surface area (Å²) in [6.07, 6.45) is 0. The second-order valence-corrected chi connectivity index (χ2v) is 8.78. The maximum absolute atomic E-state index is 13.5. The summed E-state index contributed by atoms with van der Waals surface area (Å²) in [7, 11) is 4.78. The van der Waals surface area contributed by atoms with Gasteiger partial charge in [-0.25, -0.2) is 0 Å². The van der Waals surface area contributed by atoms with Crippen molar-refractivity contribution in [2.75, 3.05) is 27.7 Å². The second-order valence-electron chi connectivity index (χ2n) is 8.78. The number of hydrogen-bond acceptors (Lipinski definition) is 6. The fourth-order valence-electron chi connectivity index (χ4n) is 4.08.